The minimum atomic E-state index is -0.443. The SMILES string of the molecule is O=C(CN1C(=O)/C(=C2\SC(=S)N(CCc3ccccc3)C2=O)c2ccccc21)Nc1ccc(F)cc1. The van der Waals surface area contributed by atoms with Crippen LogP contribution in [0, 0.1) is 5.82 Å². The van der Waals surface area contributed by atoms with Crippen LogP contribution in [0.2, 0.25) is 0 Å². The molecule has 1 saturated heterocycles. The van der Waals surface area contributed by atoms with Crippen LogP contribution < -0.4 is 10.2 Å². The van der Waals surface area contributed by atoms with Crippen molar-refractivity contribution in [1.29, 1.82) is 0 Å². The molecule has 0 radical (unpaired) electrons. The van der Waals surface area contributed by atoms with Gasteiger partial charge in [-0.3, -0.25) is 24.2 Å². The average molecular weight is 518 g/mol. The summed E-state index contributed by atoms with van der Waals surface area (Å²) in [5.41, 5.74) is 2.88. The maximum Gasteiger partial charge on any atom is 0.267 e. The highest BCUT2D eigenvalue weighted by molar-refractivity contribution is 8.26. The van der Waals surface area contributed by atoms with Crippen molar-refractivity contribution in [3.8, 4) is 0 Å². The van der Waals surface area contributed by atoms with Gasteiger partial charge in [0, 0.05) is 17.8 Å². The van der Waals surface area contributed by atoms with Crippen molar-refractivity contribution in [3.63, 3.8) is 0 Å². The van der Waals surface area contributed by atoms with E-state index in [9.17, 15) is 18.8 Å². The van der Waals surface area contributed by atoms with Crippen LogP contribution in [0.15, 0.2) is 83.8 Å². The van der Waals surface area contributed by atoms with E-state index in [4.69, 9.17) is 12.2 Å². The average Bonchev–Trinajstić information content (AvgIpc) is 3.31. The molecule has 9 heteroatoms. The van der Waals surface area contributed by atoms with Crippen LogP contribution in [-0.4, -0.2) is 40.0 Å². The maximum atomic E-state index is 13.5. The third kappa shape index (κ3) is 4.67. The molecule has 36 heavy (non-hydrogen) atoms. The van der Waals surface area contributed by atoms with Crippen molar-refractivity contribution in [1.82, 2.24) is 4.90 Å². The number of halogens is 1. The van der Waals surface area contributed by atoms with Gasteiger partial charge in [-0.1, -0.05) is 72.5 Å². The van der Waals surface area contributed by atoms with E-state index >= 15 is 0 Å². The molecule has 2 aliphatic heterocycles. The molecule has 3 amide bonds. The second kappa shape index (κ2) is 10.0. The van der Waals surface area contributed by atoms with Gasteiger partial charge in [0.05, 0.1) is 16.2 Å². The molecule has 6 nitrogen and oxygen atoms in total. The number of fused-ring (bicyclic) bond motifs is 1. The van der Waals surface area contributed by atoms with Crippen molar-refractivity contribution in [2.75, 3.05) is 23.3 Å². The van der Waals surface area contributed by atoms with E-state index in [0.717, 1.165) is 17.3 Å². The zero-order valence-corrected chi connectivity index (χ0v) is 20.6. The zero-order valence-electron chi connectivity index (χ0n) is 18.9. The summed E-state index contributed by atoms with van der Waals surface area (Å²) in [4.78, 5) is 42.7. The number of anilines is 2. The Bertz CT molecular complexity index is 1410. The number of carbonyl (C=O) groups excluding carboxylic acids is 3. The van der Waals surface area contributed by atoms with E-state index in [2.05, 4.69) is 5.32 Å². The lowest BCUT2D eigenvalue weighted by Crippen LogP contribution is -2.35. The summed E-state index contributed by atoms with van der Waals surface area (Å²) in [5, 5.41) is 2.67. The number of benzene rings is 3. The quantitative estimate of drug-likeness (QED) is 0.382. The monoisotopic (exact) mass is 517 g/mol. The van der Waals surface area contributed by atoms with Gasteiger partial charge in [-0.05, 0) is 42.3 Å². The summed E-state index contributed by atoms with van der Waals surface area (Å²) in [6, 6.07) is 22.2. The standard InChI is InChI=1S/C27H20FN3O3S2/c28-18-10-12-19(13-11-18)29-22(32)16-31-21-9-5-4-8-20(21)23(25(31)33)24-26(34)30(27(35)36-24)15-14-17-6-2-1-3-7-17/h1-13H,14-16H2,(H,29,32)/b24-23-. The summed E-state index contributed by atoms with van der Waals surface area (Å²) >= 11 is 6.59. The first-order valence-electron chi connectivity index (χ1n) is 11.2. The van der Waals surface area contributed by atoms with Crippen LogP contribution in [0.25, 0.3) is 5.57 Å². The first-order valence-corrected chi connectivity index (χ1v) is 12.4. The van der Waals surface area contributed by atoms with E-state index < -0.39 is 17.6 Å². The molecule has 2 heterocycles. The van der Waals surface area contributed by atoms with Crippen molar-refractivity contribution in [2.24, 2.45) is 0 Å². The fraction of sp³-hybridized carbons (Fsp3) is 0.111. The van der Waals surface area contributed by atoms with Gasteiger partial charge in [0.15, 0.2) is 0 Å². The molecule has 1 fully saturated rings. The largest absolute Gasteiger partial charge is 0.325 e. The van der Waals surface area contributed by atoms with E-state index in [0.29, 0.717) is 34.2 Å². The molecule has 0 spiro atoms. The molecule has 5 rings (SSSR count). The first-order chi connectivity index (χ1) is 17.4. The van der Waals surface area contributed by atoms with Gasteiger partial charge in [0.25, 0.3) is 11.8 Å². The molecule has 0 saturated carbocycles. The lowest BCUT2D eigenvalue weighted by atomic mass is 10.1. The Labute approximate surface area is 216 Å². The summed E-state index contributed by atoms with van der Waals surface area (Å²) in [6.45, 7) is 0.149. The summed E-state index contributed by atoms with van der Waals surface area (Å²) in [5.74, 6) is -1.60. The van der Waals surface area contributed by atoms with Crippen molar-refractivity contribution >= 4 is 63.0 Å². The molecule has 0 aliphatic carbocycles. The van der Waals surface area contributed by atoms with Gasteiger partial charge >= 0.3 is 0 Å². The molecular formula is C27H20FN3O3S2. The molecule has 0 unspecified atom stereocenters. The predicted molar refractivity (Wildman–Crippen MR) is 143 cm³/mol. The number of thiocarbonyl (C=S) groups is 1. The van der Waals surface area contributed by atoms with E-state index in [1.807, 2.05) is 30.3 Å². The molecule has 180 valence electrons. The first kappa shape index (κ1) is 23.9. The van der Waals surface area contributed by atoms with E-state index in [1.165, 1.54) is 34.1 Å². The van der Waals surface area contributed by atoms with Crippen LogP contribution >= 0.6 is 24.0 Å². The Balaban J connectivity index is 1.39. The number of hydrogen-bond donors (Lipinski definition) is 1. The topological polar surface area (TPSA) is 69.7 Å². The smallest absolute Gasteiger partial charge is 0.267 e. The molecule has 3 aromatic carbocycles. The number of carbonyl (C=O) groups is 3. The van der Waals surface area contributed by atoms with E-state index in [1.54, 1.807) is 24.3 Å². The number of nitrogens with one attached hydrogen (secondary N) is 1. The molecule has 3 aromatic rings. The number of nitrogens with zero attached hydrogens (tertiary/aromatic N) is 2. The van der Waals surface area contributed by atoms with Crippen molar-refractivity contribution in [2.45, 2.75) is 6.42 Å². The minimum Gasteiger partial charge on any atom is -0.325 e. The van der Waals surface area contributed by atoms with E-state index in [-0.39, 0.29) is 22.9 Å². The third-order valence-corrected chi connectivity index (χ3v) is 7.34. The number of rotatable bonds is 6. The molecular weight excluding hydrogens is 497 g/mol. The minimum absolute atomic E-state index is 0.250. The molecule has 0 aromatic heterocycles. The maximum absolute atomic E-state index is 13.5. The number of hydrogen-bond acceptors (Lipinski definition) is 5. The van der Waals surface area contributed by atoms with Crippen LogP contribution in [-0.2, 0) is 20.8 Å². The number of amides is 3. The second-order valence-electron chi connectivity index (χ2n) is 8.23. The third-order valence-electron chi connectivity index (χ3n) is 5.90. The van der Waals surface area contributed by atoms with Crippen LogP contribution in [0.3, 0.4) is 0 Å². The molecule has 0 atom stereocenters. The Hall–Kier alpha value is -3.82. The van der Waals surface area contributed by atoms with Crippen LogP contribution in [0.5, 0.6) is 0 Å². The predicted octanol–water partition coefficient (Wildman–Crippen LogP) is 4.63. The van der Waals surface area contributed by atoms with Crippen molar-refractivity contribution in [3.05, 3.63) is 101 Å². The highest BCUT2D eigenvalue weighted by Crippen LogP contribution is 2.44. The van der Waals surface area contributed by atoms with Crippen LogP contribution in [0.1, 0.15) is 11.1 Å². The Morgan fingerprint density at radius 1 is 0.889 bits per heavy atom. The van der Waals surface area contributed by atoms with Gasteiger partial charge in [0.1, 0.15) is 16.7 Å². The van der Waals surface area contributed by atoms with Gasteiger partial charge in [-0.2, -0.15) is 0 Å². The number of thioether (sulfide) groups is 1. The summed E-state index contributed by atoms with van der Waals surface area (Å²) in [7, 11) is 0. The second-order valence-corrected chi connectivity index (χ2v) is 9.87. The zero-order chi connectivity index (χ0) is 25.2. The Morgan fingerprint density at radius 2 is 1.58 bits per heavy atom. The molecule has 1 N–H and O–H groups in total. The van der Waals surface area contributed by atoms with Gasteiger partial charge in [0.2, 0.25) is 5.91 Å². The summed E-state index contributed by atoms with van der Waals surface area (Å²) in [6.07, 6.45) is 0.635. The van der Waals surface area contributed by atoms with Crippen LogP contribution in [0.4, 0.5) is 15.8 Å². The highest BCUT2D eigenvalue weighted by atomic mass is 32.2. The van der Waals surface area contributed by atoms with Gasteiger partial charge in [-0.15, -0.1) is 0 Å². The normalized spacial score (nSPS) is 17.1. The van der Waals surface area contributed by atoms with Gasteiger partial charge < -0.3 is 5.32 Å². The molecule has 2 aliphatic rings. The lowest BCUT2D eigenvalue weighted by molar-refractivity contribution is -0.122. The Morgan fingerprint density at radius 3 is 2.33 bits per heavy atom. The van der Waals surface area contributed by atoms with Gasteiger partial charge in [-0.25, -0.2) is 4.39 Å². The van der Waals surface area contributed by atoms with Crippen molar-refractivity contribution < 1.29 is 18.8 Å². The number of para-hydroxylation sites is 1. The summed E-state index contributed by atoms with van der Waals surface area (Å²) < 4.78 is 13.6. The highest BCUT2D eigenvalue weighted by Gasteiger charge is 2.42. The Kier molecular flexibility index (Phi) is 6.67. The molecule has 0 bridgehead atoms. The lowest BCUT2D eigenvalue weighted by Gasteiger charge is -2.17. The fourth-order valence-corrected chi connectivity index (χ4v) is 5.54. The fourth-order valence-electron chi connectivity index (χ4n) is 4.16.